The Kier molecular flexibility index (Phi) is 3.90. The fourth-order valence-corrected chi connectivity index (χ4v) is 2.40. The first-order valence-electron chi connectivity index (χ1n) is 6.18. The minimum Gasteiger partial charge on any atom is -0.512 e. The fraction of sp³-hybridized carbons (Fsp3) is 0.400. The lowest BCUT2D eigenvalue weighted by atomic mass is 9.96. The van der Waals surface area contributed by atoms with Gasteiger partial charge in [0.15, 0.2) is 5.78 Å². The molecule has 19 heavy (non-hydrogen) atoms. The number of carbonyl (C=O) groups excluding carboxylic acids is 1. The van der Waals surface area contributed by atoms with Crippen molar-refractivity contribution >= 4 is 11.4 Å². The van der Waals surface area contributed by atoms with Gasteiger partial charge >= 0.3 is 0 Å². The minimum absolute atomic E-state index is 0.0595. The molecule has 1 atom stereocenters. The molecule has 1 aliphatic carbocycles. The van der Waals surface area contributed by atoms with Gasteiger partial charge in [0.05, 0.1) is 25.2 Å². The van der Waals surface area contributed by atoms with E-state index >= 15 is 0 Å². The van der Waals surface area contributed by atoms with Crippen LogP contribution in [0, 0.1) is 12.8 Å². The van der Waals surface area contributed by atoms with Crippen LogP contribution in [0.4, 0.5) is 0 Å². The number of aliphatic hydroxyl groups is 1. The van der Waals surface area contributed by atoms with Gasteiger partial charge in [-0.05, 0) is 30.2 Å². The van der Waals surface area contributed by atoms with Gasteiger partial charge in [-0.25, -0.2) is 0 Å². The molecule has 0 amide bonds. The van der Waals surface area contributed by atoms with Crippen molar-refractivity contribution in [2.75, 3.05) is 20.8 Å². The fourth-order valence-electron chi connectivity index (χ4n) is 2.40. The quantitative estimate of drug-likeness (QED) is 0.905. The Hall–Kier alpha value is -1.81. The largest absolute Gasteiger partial charge is 0.512 e. The second-order valence-corrected chi connectivity index (χ2v) is 4.72. The van der Waals surface area contributed by atoms with Gasteiger partial charge in [-0.15, -0.1) is 0 Å². The van der Waals surface area contributed by atoms with Gasteiger partial charge in [0.1, 0.15) is 11.5 Å². The molecule has 0 radical (unpaired) electrons. The SMILES string of the molecule is COCC1CC(O)=C(c2cc(OC)ccc2C)C1=O. The Morgan fingerprint density at radius 2 is 2.11 bits per heavy atom. The van der Waals surface area contributed by atoms with E-state index in [2.05, 4.69) is 0 Å². The molecule has 1 aromatic carbocycles. The second kappa shape index (κ2) is 5.45. The number of hydrogen-bond donors (Lipinski definition) is 1. The number of aryl methyl sites for hydroxylation is 1. The Balaban J connectivity index is 2.41. The number of ketones is 1. The van der Waals surface area contributed by atoms with Crippen LogP contribution in [0.2, 0.25) is 0 Å². The summed E-state index contributed by atoms with van der Waals surface area (Å²) < 4.78 is 10.2. The van der Waals surface area contributed by atoms with E-state index in [1.807, 2.05) is 19.1 Å². The molecule has 1 N–H and O–H groups in total. The normalized spacial score (nSPS) is 19.1. The summed E-state index contributed by atoms with van der Waals surface area (Å²) in [6.07, 6.45) is 0.346. The molecular formula is C15H18O4. The number of carbonyl (C=O) groups is 1. The third-order valence-corrected chi connectivity index (χ3v) is 3.43. The standard InChI is InChI=1S/C15H18O4/c1-9-4-5-11(19-3)7-12(9)14-13(16)6-10(8-18-2)15(14)17/h4-5,7,10,16H,6,8H2,1-3H3. The van der Waals surface area contributed by atoms with Crippen molar-refractivity contribution in [3.8, 4) is 5.75 Å². The Morgan fingerprint density at radius 1 is 1.37 bits per heavy atom. The maximum absolute atomic E-state index is 12.3. The van der Waals surface area contributed by atoms with Crippen molar-refractivity contribution in [3.05, 3.63) is 35.1 Å². The van der Waals surface area contributed by atoms with Gasteiger partial charge in [-0.1, -0.05) is 6.07 Å². The number of hydrogen-bond acceptors (Lipinski definition) is 4. The van der Waals surface area contributed by atoms with Crippen LogP contribution >= 0.6 is 0 Å². The molecule has 0 spiro atoms. The maximum atomic E-state index is 12.3. The zero-order valence-electron chi connectivity index (χ0n) is 11.4. The molecule has 1 aliphatic rings. The highest BCUT2D eigenvalue weighted by atomic mass is 16.5. The van der Waals surface area contributed by atoms with Gasteiger partial charge in [-0.2, -0.15) is 0 Å². The molecule has 0 fully saturated rings. The molecule has 0 saturated heterocycles. The molecule has 4 heteroatoms. The van der Waals surface area contributed by atoms with E-state index in [4.69, 9.17) is 9.47 Å². The summed E-state index contributed by atoms with van der Waals surface area (Å²) in [7, 11) is 3.13. The topological polar surface area (TPSA) is 55.8 Å². The predicted molar refractivity (Wildman–Crippen MR) is 72.3 cm³/mol. The van der Waals surface area contributed by atoms with E-state index in [0.717, 1.165) is 11.1 Å². The Bertz CT molecular complexity index is 531. The zero-order chi connectivity index (χ0) is 14.0. The lowest BCUT2D eigenvalue weighted by molar-refractivity contribution is -0.118. The summed E-state index contributed by atoms with van der Waals surface area (Å²) in [4.78, 5) is 12.3. The Labute approximate surface area is 112 Å². The average molecular weight is 262 g/mol. The highest BCUT2D eigenvalue weighted by Gasteiger charge is 2.34. The summed E-state index contributed by atoms with van der Waals surface area (Å²) in [5, 5.41) is 10.1. The number of allylic oxidation sites excluding steroid dienone is 2. The third kappa shape index (κ3) is 2.49. The third-order valence-electron chi connectivity index (χ3n) is 3.43. The highest BCUT2D eigenvalue weighted by Crippen LogP contribution is 2.36. The second-order valence-electron chi connectivity index (χ2n) is 4.72. The molecule has 0 aromatic heterocycles. The van der Waals surface area contributed by atoms with Crippen LogP contribution in [0.15, 0.2) is 24.0 Å². The molecule has 2 rings (SSSR count). The van der Waals surface area contributed by atoms with Crippen LogP contribution in [-0.2, 0) is 9.53 Å². The summed E-state index contributed by atoms with van der Waals surface area (Å²) in [6.45, 7) is 2.24. The average Bonchev–Trinajstić information content (AvgIpc) is 2.66. The Morgan fingerprint density at radius 3 is 2.74 bits per heavy atom. The van der Waals surface area contributed by atoms with Crippen molar-refractivity contribution in [3.63, 3.8) is 0 Å². The first-order valence-corrected chi connectivity index (χ1v) is 6.18. The van der Waals surface area contributed by atoms with Crippen LogP contribution in [0.5, 0.6) is 5.75 Å². The van der Waals surface area contributed by atoms with Crippen molar-refractivity contribution in [2.45, 2.75) is 13.3 Å². The van der Waals surface area contributed by atoms with Gasteiger partial charge < -0.3 is 14.6 Å². The van der Waals surface area contributed by atoms with E-state index in [1.165, 1.54) is 0 Å². The predicted octanol–water partition coefficient (Wildman–Crippen LogP) is 2.51. The van der Waals surface area contributed by atoms with Crippen molar-refractivity contribution in [1.29, 1.82) is 0 Å². The first-order chi connectivity index (χ1) is 9.08. The molecular weight excluding hydrogens is 244 g/mol. The lowest BCUT2D eigenvalue weighted by Gasteiger charge is -2.10. The molecule has 0 bridgehead atoms. The van der Waals surface area contributed by atoms with Crippen molar-refractivity contribution in [1.82, 2.24) is 0 Å². The van der Waals surface area contributed by atoms with Gasteiger partial charge in [0.2, 0.25) is 0 Å². The molecule has 0 saturated carbocycles. The van der Waals surface area contributed by atoms with E-state index in [-0.39, 0.29) is 17.5 Å². The highest BCUT2D eigenvalue weighted by molar-refractivity contribution is 6.24. The molecule has 1 unspecified atom stereocenters. The van der Waals surface area contributed by atoms with Gasteiger partial charge in [0, 0.05) is 13.5 Å². The first kappa shape index (κ1) is 13.6. The summed E-state index contributed by atoms with van der Waals surface area (Å²) in [6, 6.07) is 5.50. The van der Waals surface area contributed by atoms with E-state index in [1.54, 1.807) is 20.3 Å². The van der Waals surface area contributed by atoms with Crippen LogP contribution in [-0.4, -0.2) is 31.7 Å². The number of benzene rings is 1. The number of ether oxygens (including phenoxy) is 2. The smallest absolute Gasteiger partial charge is 0.172 e. The number of rotatable bonds is 4. The van der Waals surface area contributed by atoms with E-state index < -0.39 is 0 Å². The van der Waals surface area contributed by atoms with Gasteiger partial charge in [-0.3, -0.25) is 4.79 Å². The number of methoxy groups -OCH3 is 2. The monoisotopic (exact) mass is 262 g/mol. The molecule has 0 heterocycles. The van der Waals surface area contributed by atoms with Crippen LogP contribution in [0.25, 0.3) is 5.57 Å². The van der Waals surface area contributed by atoms with Crippen molar-refractivity contribution in [2.24, 2.45) is 5.92 Å². The number of Topliss-reactive ketones (excluding diaryl/α,β-unsaturated/α-hetero) is 1. The lowest BCUT2D eigenvalue weighted by Crippen LogP contribution is -2.15. The van der Waals surface area contributed by atoms with Crippen LogP contribution < -0.4 is 4.74 Å². The molecule has 1 aromatic rings. The molecule has 0 aliphatic heterocycles. The minimum atomic E-state index is -0.286. The van der Waals surface area contributed by atoms with Crippen LogP contribution in [0.3, 0.4) is 0 Å². The van der Waals surface area contributed by atoms with Crippen LogP contribution in [0.1, 0.15) is 17.5 Å². The summed E-state index contributed by atoms with van der Waals surface area (Å²) in [5.41, 5.74) is 2.08. The van der Waals surface area contributed by atoms with E-state index in [0.29, 0.717) is 24.4 Å². The van der Waals surface area contributed by atoms with Gasteiger partial charge in [0.25, 0.3) is 0 Å². The molecule has 4 nitrogen and oxygen atoms in total. The summed E-state index contributed by atoms with van der Waals surface area (Å²) in [5.74, 6) is 0.466. The zero-order valence-corrected chi connectivity index (χ0v) is 11.4. The maximum Gasteiger partial charge on any atom is 0.172 e. The van der Waals surface area contributed by atoms with E-state index in [9.17, 15) is 9.90 Å². The molecule has 102 valence electrons. The van der Waals surface area contributed by atoms with Crippen molar-refractivity contribution < 1.29 is 19.4 Å². The number of aliphatic hydroxyl groups excluding tert-OH is 1. The summed E-state index contributed by atoms with van der Waals surface area (Å²) >= 11 is 0.